The van der Waals surface area contributed by atoms with Gasteiger partial charge in [-0.1, -0.05) is 0 Å². The fourth-order valence-corrected chi connectivity index (χ4v) is 4.77. The van der Waals surface area contributed by atoms with E-state index in [0.29, 0.717) is 6.42 Å². The van der Waals surface area contributed by atoms with E-state index in [1.807, 2.05) is 0 Å². The highest BCUT2D eigenvalue weighted by atomic mass is 32.2. The van der Waals surface area contributed by atoms with E-state index in [2.05, 4.69) is 10.1 Å². The largest absolute Gasteiger partial charge is 0.465 e. The maximum absolute atomic E-state index is 14.1. The first-order valence-corrected chi connectivity index (χ1v) is 10.1. The molecule has 29 heavy (non-hydrogen) atoms. The second-order valence-corrected chi connectivity index (χ2v) is 8.29. The summed E-state index contributed by atoms with van der Waals surface area (Å²) >= 11 is 0. The van der Waals surface area contributed by atoms with Crippen LogP contribution in [0.3, 0.4) is 0 Å². The Morgan fingerprint density at radius 3 is 2.48 bits per heavy atom. The fraction of sp³-hybridized carbons (Fsp3) is 0.263. The third kappa shape index (κ3) is 4.28. The van der Waals surface area contributed by atoms with Gasteiger partial charge in [-0.25, -0.2) is 22.0 Å². The van der Waals surface area contributed by atoms with Crippen molar-refractivity contribution >= 4 is 27.6 Å². The molecule has 0 bridgehead atoms. The first kappa shape index (κ1) is 20.9. The number of anilines is 1. The number of hydrogen-bond acceptors (Lipinski definition) is 5. The van der Waals surface area contributed by atoms with Crippen LogP contribution in [0.25, 0.3) is 0 Å². The zero-order valence-corrected chi connectivity index (χ0v) is 16.2. The molecule has 0 aliphatic carbocycles. The van der Waals surface area contributed by atoms with Crippen LogP contribution in [0, 0.1) is 11.6 Å². The van der Waals surface area contributed by atoms with Gasteiger partial charge in [-0.15, -0.1) is 0 Å². The quantitative estimate of drug-likeness (QED) is 0.745. The summed E-state index contributed by atoms with van der Waals surface area (Å²) in [6.07, 6.45) is 0.674. The standard InChI is InChI=1S/C19H18F2N2O5S/c1-28-19(25)12-4-9-15(21)16(11-12)22-18(24)17-3-2-10-23(17)29(26,27)14-7-5-13(20)6-8-14/h4-9,11,17H,2-3,10H2,1H3,(H,22,24)/t17-/m0/s1. The van der Waals surface area contributed by atoms with Crippen LogP contribution in [-0.2, 0) is 19.6 Å². The second-order valence-electron chi connectivity index (χ2n) is 6.40. The Bertz CT molecular complexity index is 1040. The zero-order chi connectivity index (χ0) is 21.2. The van der Waals surface area contributed by atoms with E-state index in [9.17, 15) is 26.8 Å². The van der Waals surface area contributed by atoms with Crippen LogP contribution in [0.4, 0.5) is 14.5 Å². The second kappa shape index (κ2) is 8.26. The summed E-state index contributed by atoms with van der Waals surface area (Å²) in [7, 11) is -2.87. The summed E-state index contributed by atoms with van der Waals surface area (Å²) in [6, 6.07) is 6.55. The average molecular weight is 424 g/mol. The number of halogens is 2. The third-order valence-electron chi connectivity index (χ3n) is 4.57. The number of methoxy groups -OCH3 is 1. The number of hydrogen-bond donors (Lipinski definition) is 1. The Morgan fingerprint density at radius 1 is 1.14 bits per heavy atom. The number of nitrogens with one attached hydrogen (secondary N) is 1. The van der Waals surface area contributed by atoms with E-state index in [4.69, 9.17) is 0 Å². The molecule has 3 rings (SSSR count). The van der Waals surface area contributed by atoms with E-state index in [0.717, 1.165) is 40.7 Å². The van der Waals surface area contributed by atoms with E-state index in [1.165, 1.54) is 13.2 Å². The minimum Gasteiger partial charge on any atom is -0.465 e. The summed E-state index contributed by atoms with van der Waals surface area (Å²) in [6.45, 7) is 0.0997. The Balaban J connectivity index is 1.84. The van der Waals surface area contributed by atoms with E-state index in [-0.39, 0.29) is 29.1 Å². The van der Waals surface area contributed by atoms with Crippen molar-refractivity contribution in [1.29, 1.82) is 0 Å². The number of esters is 1. The van der Waals surface area contributed by atoms with Crippen LogP contribution in [0.5, 0.6) is 0 Å². The lowest BCUT2D eigenvalue weighted by Gasteiger charge is -2.23. The minimum atomic E-state index is -4.04. The Labute approximate surface area is 166 Å². The van der Waals surface area contributed by atoms with Gasteiger partial charge in [0, 0.05) is 6.54 Å². The molecule has 1 aliphatic rings. The van der Waals surface area contributed by atoms with Gasteiger partial charge in [0.15, 0.2) is 0 Å². The molecule has 1 fully saturated rings. The van der Waals surface area contributed by atoms with Crippen molar-refractivity contribution in [2.24, 2.45) is 0 Å². The number of carbonyl (C=O) groups excluding carboxylic acids is 2. The van der Waals surface area contributed by atoms with Crippen molar-refractivity contribution in [3.05, 3.63) is 59.7 Å². The molecule has 154 valence electrons. The maximum atomic E-state index is 14.1. The Hall–Kier alpha value is -2.85. The van der Waals surface area contributed by atoms with Crippen LogP contribution in [0.15, 0.2) is 47.4 Å². The lowest BCUT2D eigenvalue weighted by Crippen LogP contribution is -2.43. The van der Waals surface area contributed by atoms with Gasteiger partial charge in [-0.05, 0) is 55.3 Å². The number of rotatable bonds is 5. The third-order valence-corrected chi connectivity index (χ3v) is 6.49. The Morgan fingerprint density at radius 2 is 1.83 bits per heavy atom. The van der Waals surface area contributed by atoms with Gasteiger partial charge >= 0.3 is 5.97 Å². The highest BCUT2D eigenvalue weighted by molar-refractivity contribution is 7.89. The normalized spacial score (nSPS) is 17.1. The number of carbonyl (C=O) groups is 2. The molecule has 1 atom stereocenters. The SMILES string of the molecule is COC(=O)c1ccc(F)c(NC(=O)[C@@H]2CCCN2S(=O)(=O)c2ccc(F)cc2)c1. The van der Waals surface area contributed by atoms with Crippen molar-refractivity contribution in [1.82, 2.24) is 4.31 Å². The van der Waals surface area contributed by atoms with Gasteiger partial charge in [-0.2, -0.15) is 4.31 Å². The number of benzene rings is 2. The molecule has 7 nitrogen and oxygen atoms in total. The molecule has 1 heterocycles. The van der Waals surface area contributed by atoms with Crippen LogP contribution < -0.4 is 5.32 Å². The molecular formula is C19H18F2N2O5S. The highest BCUT2D eigenvalue weighted by Crippen LogP contribution is 2.28. The minimum absolute atomic E-state index is 0.0337. The molecule has 1 N–H and O–H groups in total. The Kier molecular flexibility index (Phi) is 5.94. The topological polar surface area (TPSA) is 92.8 Å². The lowest BCUT2D eigenvalue weighted by atomic mass is 10.1. The number of nitrogens with zero attached hydrogens (tertiary/aromatic N) is 1. The predicted molar refractivity (Wildman–Crippen MR) is 99.7 cm³/mol. The molecule has 2 aromatic rings. The van der Waals surface area contributed by atoms with E-state index < -0.39 is 39.6 Å². The predicted octanol–water partition coefficient (Wildman–Crippen LogP) is 2.54. The molecular weight excluding hydrogens is 406 g/mol. The number of amides is 1. The van der Waals surface area contributed by atoms with Crippen molar-refractivity contribution in [3.63, 3.8) is 0 Å². The molecule has 1 aliphatic heterocycles. The van der Waals surface area contributed by atoms with Crippen LogP contribution in [0.2, 0.25) is 0 Å². The molecule has 0 aromatic heterocycles. The van der Waals surface area contributed by atoms with Crippen molar-refractivity contribution in [3.8, 4) is 0 Å². The molecule has 2 aromatic carbocycles. The summed E-state index contributed by atoms with van der Waals surface area (Å²) in [4.78, 5) is 24.2. The summed E-state index contributed by atoms with van der Waals surface area (Å²) in [5.74, 6) is -2.80. The van der Waals surface area contributed by atoms with Crippen molar-refractivity contribution in [2.45, 2.75) is 23.8 Å². The van der Waals surface area contributed by atoms with Gasteiger partial charge in [0.1, 0.15) is 17.7 Å². The molecule has 1 amide bonds. The van der Waals surface area contributed by atoms with E-state index in [1.54, 1.807) is 0 Å². The fourth-order valence-electron chi connectivity index (χ4n) is 3.11. The van der Waals surface area contributed by atoms with Gasteiger partial charge in [0.2, 0.25) is 15.9 Å². The van der Waals surface area contributed by atoms with Crippen LogP contribution in [0.1, 0.15) is 23.2 Å². The molecule has 0 spiro atoms. The van der Waals surface area contributed by atoms with Crippen molar-refractivity contribution in [2.75, 3.05) is 19.0 Å². The number of sulfonamides is 1. The van der Waals surface area contributed by atoms with Crippen LogP contribution >= 0.6 is 0 Å². The smallest absolute Gasteiger partial charge is 0.337 e. The van der Waals surface area contributed by atoms with Crippen LogP contribution in [-0.4, -0.2) is 44.3 Å². The van der Waals surface area contributed by atoms with Gasteiger partial charge in [-0.3, -0.25) is 4.79 Å². The molecule has 0 radical (unpaired) electrons. The van der Waals surface area contributed by atoms with E-state index >= 15 is 0 Å². The zero-order valence-electron chi connectivity index (χ0n) is 15.4. The van der Waals surface area contributed by atoms with Gasteiger partial charge in [0.25, 0.3) is 0 Å². The first-order chi connectivity index (χ1) is 13.7. The first-order valence-electron chi connectivity index (χ1n) is 8.70. The monoisotopic (exact) mass is 424 g/mol. The lowest BCUT2D eigenvalue weighted by molar-refractivity contribution is -0.119. The summed E-state index contributed by atoms with van der Waals surface area (Å²) in [5.41, 5.74) is -0.227. The molecule has 1 saturated heterocycles. The number of ether oxygens (including phenoxy) is 1. The van der Waals surface area contributed by atoms with Crippen molar-refractivity contribution < 1.29 is 31.5 Å². The average Bonchev–Trinajstić information content (AvgIpc) is 3.20. The molecule has 0 saturated carbocycles. The molecule has 10 heteroatoms. The maximum Gasteiger partial charge on any atom is 0.337 e. The van der Waals surface area contributed by atoms with Gasteiger partial charge < -0.3 is 10.1 Å². The summed E-state index contributed by atoms with van der Waals surface area (Å²) < 4.78 is 58.5. The summed E-state index contributed by atoms with van der Waals surface area (Å²) in [5, 5.41) is 2.35. The van der Waals surface area contributed by atoms with Gasteiger partial charge in [0.05, 0.1) is 23.3 Å². The highest BCUT2D eigenvalue weighted by Gasteiger charge is 2.39. The molecule has 0 unspecified atom stereocenters.